The zero-order chi connectivity index (χ0) is 7.15. The van der Waals surface area contributed by atoms with E-state index in [0.717, 1.165) is 0 Å². The van der Waals surface area contributed by atoms with Gasteiger partial charge >= 0.3 is 48.9 Å². The van der Waals surface area contributed by atoms with Crippen LogP contribution in [0.2, 0.25) is 0 Å². The molecule has 6 nitrogen and oxygen atoms in total. The minimum atomic E-state index is -2.33. The van der Waals surface area contributed by atoms with Gasteiger partial charge in [0.15, 0.2) is 0 Å². The van der Waals surface area contributed by atoms with Crippen molar-refractivity contribution in [2.24, 2.45) is 0 Å². The summed E-state index contributed by atoms with van der Waals surface area (Å²) in [6.07, 6.45) is -4.67. The molecule has 0 saturated heterocycles. The molecule has 0 radical (unpaired) electrons. The molecule has 0 aromatic heterocycles. The molecule has 9 heavy (non-hydrogen) atoms. The fourth-order valence-corrected chi connectivity index (χ4v) is 0. The minimum absolute atomic E-state index is 0. The Morgan fingerprint density at radius 2 is 0.778 bits per heavy atom. The van der Waals surface area contributed by atoms with Crippen molar-refractivity contribution in [3.05, 3.63) is 0 Å². The van der Waals surface area contributed by atoms with Gasteiger partial charge in [0.25, 0.3) is 0 Å². The second-order valence-corrected chi connectivity index (χ2v) is 0.500. The van der Waals surface area contributed by atoms with Gasteiger partial charge in [-0.25, -0.2) is 0 Å². The monoisotopic (exact) mass is 258 g/mol. The van der Waals surface area contributed by atoms with E-state index in [0.29, 0.717) is 0 Å². The van der Waals surface area contributed by atoms with Gasteiger partial charge in [-0.1, -0.05) is 0 Å². The van der Waals surface area contributed by atoms with E-state index in [2.05, 4.69) is 0 Å². The van der Waals surface area contributed by atoms with E-state index in [1.807, 2.05) is 0 Å². The first-order valence-corrected chi connectivity index (χ1v) is 1.22. The van der Waals surface area contributed by atoms with E-state index in [9.17, 15) is 0 Å². The second-order valence-electron chi connectivity index (χ2n) is 0.500. The average Bonchev–Trinajstić information content (AvgIpc) is 1.25. The minimum Gasteiger partial charge on any atom is -0.652 e. The van der Waals surface area contributed by atoms with Gasteiger partial charge in [-0.05, 0) is 12.3 Å². The molecule has 0 rings (SSSR count). The Bertz CT molecular complexity index is 69.1. The SMILES string of the molecule is O=C([O-])[O-].O=C([O-])[O-].[Ba+2]. The normalized spacial score (nSPS) is 5.33. The largest absolute Gasteiger partial charge is 2.00 e. The standard InChI is InChI=1S/2CH2O3.Ba/c2*2-1(3)4;/h2*(H2,2,3,4);/q;;+2/p-4. The number of carbonyl (C=O) groups is 2. The summed E-state index contributed by atoms with van der Waals surface area (Å²) >= 11 is 0. The van der Waals surface area contributed by atoms with Gasteiger partial charge in [0, 0.05) is 0 Å². The Hall–Kier alpha value is 0.111. The van der Waals surface area contributed by atoms with Gasteiger partial charge in [0.1, 0.15) is 0 Å². The van der Waals surface area contributed by atoms with Gasteiger partial charge in [-0.15, -0.1) is 0 Å². The molecule has 0 N–H and O–H groups in total. The molecule has 0 aliphatic heterocycles. The van der Waals surface area contributed by atoms with Crippen molar-refractivity contribution < 1.29 is 30.0 Å². The fraction of sp³-hybridized carbons (Fsp3) is 0. The predicted octanol–water partition coefficient (Wildman–Crippen LogP) is -5.27. The number of hydrogen-bond donors (Lipinski definition) is 0. The molecular weight excluding hydrogens is 257 g/mol. The van der Waals surface area contributed by atoms with Crippen molar-refractivity contribution >= 4 is 61.2 Å². The predicted molar refractivity (Wildman–Crippen MR) is 16.5 cm³/mol. The number of hydrogen-bond acceptors (Lipinski definition) is 6. The Morgan fingerprint density at radius 1 is 0.778 bits per heavy atom. The maximum atomic E-state index is 8.33. The number of rotatable bonds is 0. The summed E-state index contributed by atoms with van der Waals surface area (Å²) in [5.41, 5.74) is 0. The zero-order valence-electron chi connectivity index (χ0n) is 4.16. The maximum Gasteiger partial charge on any atom is 2.00 e. The summed E-state index contributed by atoms with van der Waals surface area (Å²) in [4.78, 5) is 16.7. The molecule has 0 amide bonds. The number of carbonyl (C=O) groups excluding carboxylic acids is 2. The van der Waals surface area contributed by atoms with Crippen LogP contribution in [-0.4, -0.2) is 61.2 Å². The van der Waals surface area contributed by atoms with Gasteiger partial charge in [0.05, 0.1) is 0 Å². The van der Waals surface area contributed by atoms with Crippen LogP contribution in [0.4, 0.5) is 9.59 Å². The fourth-order valence-electron chi connectivity index (χ4n) is 0. The van der Waals surface area contributed by atoms with Crippen LogP contribution in [-0.2, 0) is 0 Å². The molecule has 0 heterocycles. The molecule has 0 bridgehead atoms. The third-order valence-corrected chi connectivity index (χ3v) is 0. The molecule has 0 atom stereocenters. The first-order valence-electron chi connectivity index (χ1n) is 1.22. The van der Waals surface area contributed by atoms with Gasteiger partial charge in [0.2, 0.25) is 0 Å². The van der Waals surface area contributed by atoms with Crippen LogP contribution in [0.3, 0.4) is 0 Å². The van der Waals surface area contributed by atoms with Crippen molar-refractivity contribution in [2.75, 3.05) is 0 Å². The van der Waals surface area contributed by atoms with Crippen LogP contribution in [0, 0.1) is 0 Å². The molecule has 0 saturated carbocycles. The molecule has 0 aromatic carbocycles. The summed E-state index contributed by atoms with van der Waals surface area (Å²) in [7, 11) is 0. The third-order valence-electron chi connectivity index (χ3n) is 0. The van der Waals surface area contributed by atoms with E-state index < -0.39 is 12.3 Å². The second kappa shape index (κ2) is 11.0. The maximum absolute atomic E-state index is 8.33. The van der Waals surface area contributed by atoms with Crippen LogP contribution in [0.15, 0.2) is 0 Å². The summed E-state index contributed by atoms with van der Waals surface area (Å²) in [6.45, 7) is 0. The van der Waals surface area contributed by atoms with Gasteiger partial charge in [-0.3, -0.25) is 0 Å². The Balaban J connectivity index is -0.0000000720. The topological polar surface area (TPSA) is 126 Å². The van der Waals surface area contributed by atoms with Crippen molar-refractivity contribution in [3.63, 3.8) is 0 Å². The molecule has 48 valence electrons. The van der Waals surface area contributed by atoms with Gasteiger partial charge < -0.3 is 30.0 Å². The van der Waals surface area contributed by atoms with Crippen molar-refractivity contribution in [1.82, 2.24) is 0 Å². The first-order chi connectivity index (χ1) is 3.46. The number of carboxylic acid groups (broad SMARTS) is 4. The van der Waals surface area contributed by atoms with Crippen molar-refractivity contribution in [3.8, 4) is 0 Å². The molecule has 0 unspecified atom stereocenters. The average molecular weight is 257 g/mol. The Kier molecular flexibility index (Phi) is 19.6. The quantitative estimate of drug-likeness (QED) is 0.399. The smallest absolute Gasteiger partial charge is 0.652 e. The van der Waals surface area contributed by atoms with E-state index in [-0.39, 0.29) is 48.9 Å². The van der Waals surface area contributed by atoms with Crippen molar-refractivity contribution in [1.29, 1.82) is 0 Å². The van der Waals surface area contributed by atoms with Crippen LogP contribution in [0.1, 0.15) is 0 Å². The van der Waals surface area contributed by atoms with Gasteiger partial charge in [-0.2, -0.15) is 0 Å². The molecule has 0 aliphatic rings. The summed E-state index contributed by atoms with van der Waals surface area (Å²) < 4.78 is 0. The Morgan fingerprint density at radius 3 is 0.778 bits per heavy atom. The van der Waals surface area contributed by atoms with E-state index in [4.69, 9.17) is 30.0 Å². The molecule has 0 spiro atoms. The van der Waals surface area contributed by atoms with Crippen LogP contribution < -0.4 is 20.4 Å². The summed E-state index contributed by atoms with van der Waals surface area (Å²) in [6, 6.07) is 0. The molecule has 0 aliphatic carbocycles. The molecule has 0 aromatic rings. The molecular formula is C2BaO6-2. The van der Waals surface area contributed by atoms with E-state index in [1.54, 1.807) is 0 Å². The first kappa shape index (κ1) is 16.1. The molecule has 0 fully saturated rings. The van der Waals surface area contributed by atoms with Crippen molar-refractivity contribution in [2.45, 2.75) is 0 Å². The Labute approximate surface area is 90.2 Å². The van der Waals surface area contributed by atoms with Crippen LogP contribution in [0.5, 0.6) is 0 Å². The summed E-state index contributed by atoms with van der Waals surface area (Å²) in [5, 5.41) is 33.3. The third kappa shape index (κ3) is 24400. The van der Waals surface area contributed by atoms with E-state index in [1.165, 1.54) is 0 Å². The van der Waals surface area contributed by atoms with Crippen LogP contribution in [0.25, 0.3) is 0 Å². The van der Waals surface area contributed by atoms with E-state index >= 15 is 0 Å². The van der Waals surface area contributed by atoms with Crippen LogP contribution >= 0.6 is 0 Å². The zero-order valence-corrected chi connectivity index (χ0v) is 8.60. The molecule has 7 heteroatoms. The summed E-state index contributed by atoms with van der Waals surface area (Å²) in [5.74, 6) is 0.